The lowest BCUT2D eigenvalue weighted by atomic mass is 10.3. The van der Waals surface area contributed by atoms with Crippen molar-refractivity contribution in [3.05, 3.63) is 33.0 Å². The number of carbonyl (C=O) groups is 2. The minimum atomic E-state index is -0.547. The summed E-state index contributed by atoms with van der Waals surface area (Å²) in [4.78, 5) is 30.1. The largest absolute Gasteiger partial charge is 0.461 e. The zero-order valence-corrected chi connectivity index (χ0v) is 13.7. The fourth-order valence-electron chi connectivity index (χ4n) is 1.77. The van der Waals surface area contributed by atoms with Gasteiger partial charge in [-0.05, 0) is 29.3 Å². The van der Waals surface area contributed by atoms with E-state index < -0.39 is 5.97 Å². The van der Waals surface area contributed by atoms with Crippen LogP contribution < -0.4 is 4.90 Å². The number of hydrogen-bond donors (Lipinski definition) is 0. The van der Waals surface area contributed by atoms with Crippen LogP contribution >= 0.6 is 22.7 Å². The van der Waals surface area contributed by atoms with Crippen molar-refractivity contribution >= 4 is 39.6 Å². The van der Waals surface area contributed by atoms with Crippen LogP contribution in [0, 0.1) is 0 Å². The smallest absolute Gasteiger partial charge is 0.358 e. The summed E-state index contributed by atoms with van der Waals surface area (Å²) in [5, 5.41) is 4.70. The SMILES string of the molecule is CCOC(=O)c1nc(N(C)Cc2ccsc2)sc1C(C)=O. The van der Waals surface area contributed by atoms with E-state index in [1.165, 1.54) is 23.8 Å². The summed E-state index contributed by atoms with van der Waals surface area (Å²) < 4.78 is 4.95. The molecule has 0 saturated heterocycles. The van der Waals surface area contributed by atoms with Gasteiger partial charge >= 0.3 is 5.97 Å². The molecular weight excluding hydrogens is 308 g/mol. The predicted molar refractivity (Wildman–Crippen MR) is 84.5 cm³/mol. The number of esters is 1. The van der Waals surface area contributed by atoms with E-state index in [2.05, 4.69) is 10.4 Å². The Morgan fingerprint density at radius 2 is 2.19 bits per heavy atom. The lowest BCUT2D eigenvalue weighted by Crippen LogP contribution is -2.16. The van der Waals surface area contributed by atoms with Gasteiger partial charge in [0.15, 0.2) is 16.6 Å². The second kappa shape index (κ2) is 6.82. The zero-order valence-electron chi connectivity index (χ0n) is 12.1. The van der Waals surface area contributed by atoms with Gasteiger partial charge in [0.25, 0.3) is 0 Å². The van der Waals surface area contributed by atoms with Crippen LogP contribution in [-0.2, 0) is 11.3 Å². The molecule has 7 heteroatoms. The fraction of sp³-hybridized carbons (Fsp3) is 0.357. The molecule has 2 aromatic rings. The van der Waals surface area contributed by atoms with Crippen molar-refractivity contribution in [2.45, 2.75) is 20.4 Å². The number of rotatable bonds is 6. The Labute approximate surface area is 131 Å². The highest BCUT2D eigenvalue weighted by molar-refractivity contribution is 7.17. The Morgan fingerprint density at radius 1 is 1.43 bits per heavy atom. The quantitative estimate of drug-likeness (QED) is 0.603. The first-order valence-electron chi connectivity index (χ1n) is 6.44. The van der Waals surface area contributed by atoms with Crippen molar-refractivity contribution < 1.29 is 14.3 Å². The first-order chi connectivity index (χ1) is 10.0. The number of Topliss-reactive ketones (excluding diaryl/α,β-unsaturated/α-hetero) is 1. The fourth-order valence-corrected chi connectivity index (χ4v) is 3.34. The molecule has 0 unspecified atom stereocenters. The van der Waals surface area contributed by atoms with Crippen LogP contribution in [0.2, 0.25) is 0 Å². The maximum atomic E-state index is 11.9. The number of ketones is 1. The maximum Gasteiger partial charge on any atom is 0.358 e. The molecule has 0 N–H and O–H groups in total. The summed E-state index contributed by atoms with van der Waals surface area (Å²) in [6.45, 7) is 4.09. The molecule has 0 aliphatic rings. The Bertz CT molecular complexity index is 635. The lowest BCUT2D eigenvalue weighted by molar-refractivity contribution is 0.0517. The molecule has 2 aromatic heterocycles. The first kappa shape index (κ1) is 15.7. The topological polar surface area (TPSA) is 59.5 Å². The summed E-state index contributed by atoms with van der Waals surface area (Å²) in [6.07, 6.45) is 0. The Kier molecular flexibility index (Phi) is 5.08. The number of aromatic nitrogens is 1. The number of anilines is 1. The van der Waals surface area contributed by atoms with Gasteiger partial charge in [0, 0.05) is 20.5 Å². The molecule has 0 saturated carbocycles. The molecule has 0 bridgehead atoms. The third-order valence-electron chi connectivity index (χ3n) is 2.73. The first-order valence-corrected chi connectivity index (χ1v) is 8.20. The molecule has 0 aliphatic heterocycles. The average Bonchev–Trinajstić information content (AvgIpc) is 3.07. The van der Waals surface area contributed by atoms with E-state index in [4.69, 9.17) is 4.74 Å². The highest BCUT2D eigenvalue weighted by Gasteiger charge is 2.23. The van der Waals surface area contributed by atoms with Gasteiger partial charge < -0.3 is 9.64 Å². The van der Waals surface area contributed by atoms with Gasteiger partial charge in [-0.3, -0.25) is 4.79 Å². The molecule has 2 rings (SSSR count). The number of thiazole rings is 1. The summed E-state index contributed by atoms with van der Waals surface area (Å²) in [5.41, 5.74) is 1.28. The lowest BCUT2D eigenvalue weighted by Gasteiger charge is -2.14. The van der Waals surface area contributed by atoms with Gasteiger partial charge in [-0.2, -0.15) is 11.3 Å². The molecule has 21 heavy (non-hydrogen) atoms. The maximum absolute atomic E-state index is 11.9. The van der Waals surface area contributed by atoms with E-state index in [0.717, 1.165) is 0 Å². The Morgan fingerprint density at radius 3 is 2.76 bits per heavy atom. The van der Waals surface area contributed by atoms with Crippen LogP contribution in [0.4, 0.5) is 5.13 Å². The molecule has 0 aliphatic carbocycles. The van der Waals surface area contributed by atoms with E-state index in [0.29, 0.717) is 16.6 Å². The summed E-state index contributed by atoms with van der Waals surface area (Å²) in [6, 6.07) is 2.03. The van der Waals surface area contributed by atoms with Gasteiger partial charge in [-0.15, -0.1) is 0 Å². The number of nitrogens with zero attached hydrogens (tertiary/aromatic N) is 2. The van der Waals surface area contributed by atoms with Gasteiger partial charge in [0.05, 0.1) is 6.61 Å². The second-order valence-corrected chi connectivity index (χ2v) is 6.20. The molecule has 112 valence electrons. The average molecular weight is 324 g/mol. The van der Waals surface area contributed by atoms with Crippen molar-refractivity contribution in [1.29, 1.82) is 0 Å². The monoisotopic (exact) mass is 324 g/mol. The van der Waals surface area contributed by atoms with Crippen LogP contribution in [-0.4, -0.2) is 30.4 Å². The van der Waals surface area contributed by atoms with E-state index in [9.17, 15) is 9.59 Å². The normalized spacial score (nSPS) is 10.4. The van der Waals surface area contributed by atoms with Gasteiger partial charge in [-0.1, -0.05) is 11.3 Å². The summed E-state index contributed by atoms with van der Waals surface area (Å²) >= 11 is 2.85. The summed E-state index contributed by atoms with van der Waals surface area (Å²) in [7, 11) is 1.88. The standard InChI is InChI=1S/C14H16N2O3S2/c1-4-19-13(18)11-12(9(2)17)21-14(15-11)16(3)7-10-5-6-20-8-10/h5-6,8H,4,7H2,1-3H3. The Balaban J connectivity index is 2.26. The third-order valence-corrected chi connectivity index (χ3v) is 4.73. The van der Waals surface area contributed by atoms with Gasteiger partial charge in [0.1, 0.15) is 4.88 Å². The van der Waals surface area contributed by atoms with Crippen molar-refractivity contribution in [3.8, 4) is 0 Å². The molecule has 0 radical (unpaired) electrons. The highest BCUT2D eigenvalue weighted by atomic mass is 32.1. The third kappa shape index (κ3) is 3.68. The Hall–Kier alpha value is -1.73. The van der Waals surface area contributed by atoms with E-state index in [1.807, 2.05) is 23.4 Å². The number of ether oxygens (including phenoxy) is 1. The minimum Gasteiger partial charge on any atom is -0.461 e. The van der Waals surface area contributed by atoms with E-state index >= 15 is 0 Å². The van der Waals surface area contributed by atoms with Crippen molar-refractivity contribution in [1.82, 2.24) is 4.98 Å². The number of thiophene rings is 1. The van der Waals surface area contributed by atoms with Crippen LogP contribution in [0.25, 0.3) is 0 Å². The number of hydrogen-bond acceptors (Lipinski definition) is 7. The molecule has 0 atom stereocenters. The van der Waals surface area contributed by atoms with Crippen LogP contribution in [0.3, 0.4) is 0 Å². The highest BCUT2D eigenvalue weighted by Crippen LogP contribution is 2.28. The molecular formula is C14H16N2O3S2. The molecule has 0 spiro atoms. The van der Waals surface area contributed by atoms with Crippen LogP contribution in [0.5, 0.6) is 0 Å². The van der Waals surface area contributed by atoms with Crippen molar-refractivity contribution in [2.24, 2.45) is 0 Å². The molecule has 0 amide bonds. The molecule has 5 nitrogen and oxygen atoms in total. The second-order valence-electron chi connectivity index (χ2n) is 4.44. The molecule has 2 heterocycles. The summed E-state index contributed by atoms with van der Waals surface area (Å²) in [5.74, 6) is -0.722. The van der Waals surface area contributed by atoms with Crippen molar-refractivity contribution in [2.75, 3.05) is 18.6 Å². The van der Waals surface area contributed by atoms with Crippen LogP contribution in [0.15, 0.2) is 16.8 Å². The van der Waals surface area contributed by atoms with Gasteiger partial charge in [-0.25, -0.2) is 9.78 Å². The van der Waals surface area contributed by atoms with E-state index in [1.54, 1.807) is 18.3 Å². The van der Waals surface area contributed by atoms with Crippen molar-refractivity contribution in [3.63, 3.8) is 0 Å². The van der Waals surface area contributed by atoms with E-state index in [-0.39, 0.29) is 18.1 Å². The zero-order chi connectivity index (χ0) is 15.4. The minimum absolute atomic E-state index is 0.113. The van der Waals surface area contributed by atoms with Gasteiger partial charge in [0.2, 0.25) is 0 Å². The number of carbonyl (C=O) groups excluding carboxylic acids is 2. The molecule has 0 aromatic carbocycles. The predicted octanol–water partition coefficient (Wildman–Crippen LogP) is 3.22. The van der Waals surface area contributed by atoms with Crippen LogP contribution in [0.1, 0.15) is 39.6 Å². The molecule has 0 fully saturated rings.